The number of phenolic OH excluding ortho intramolecular Hbond substituents is 1. The number of fused-ring (bicyclic) bond motifs is 2. The van der Waals surface area contributed by atoms with Crippen LogP contribution in [0.4, 0.5) is 0 Å². The first-order chi connectivity index (χ1) is 14.8. The fourth-order valence-electron chi connectivity index (χ4n) is 4.92. The van der Waals surface area contributed by atoms with Crippen molar-refractivity contribution in [3.63, 3.8) is 0 Å². The summed E-state index contributed by atoms with van der Waals surface area (Å²) in [6.45, 7) is 6.44. The predicted molar refractivity (Wildman–Crippen MR) is 125 cm³/mol. The van der Waals surface area contributed by atoms with Crippen LogP contribution < -0.4 is 14.2 Å². The molecule has 0 aromatic heterocycles. The van der Waals surface area contributed by atoms with E-state index in [1.54, 1.807) is 21.3 Å². The van der Waals surface area contributed by atoms with Crippen molar-refractivity contribution in [1.29, 1.82) is 0 Å². The van der Waals surface area contributed by atoms with Crippen LogP contribution in [0.25, 0.3) is 21.9 Å². The molecule has 4 rings (SSSR count). The lowest BCUT2D eigenvalue weighted by Crippen LogP contribution is -2.38. The first-order valence-electron chi connectivity index (χ1n) is 10.6. The summed E-state index contributed by atoms with van der Waals surface area (Å²) in [6, 6.07) is 10.6. The summed E-state index contributed by atoms with van der Waals surface area (Å²) >= 11 is 0. The van der Waals surface area contributed by atoms with Crippen molar-refractivity contribution in [2.45, 2.75) is 39.3 Å². The standard InChI is InChI=1S/C26H31NO4/c1-14-10-17-8-9-19(25(28)23(17)20(11-14)29-5)24-21(30-6)13-18-12-15(2)27(4)16(3)22(18)26(24)31-7/h8-11,13,15-16,28H,12H2,1-7H3/t15-,16+/m0/s1. The smallest absolute Gasteiger partial charge is 0.135 e. The number of aryl methyl sites for hydroxylation is 1. The molecule has 1 aliphatic heterocycles. The predicted octanol–water partition coefficient (Wildman–Crippen LogP) is 5.48. The van der Waals surface area contributed by atoms with Crippen molar-refractivity contribution >= 4 is 10.8 Å². The third-order valence-corrected chi connectivity index (χ3v) is 6.72. The van der Waals surface area contributed by atoms with Crippen molar-refractivity contribution in [1.82, 2.24) is 4.90 Å². The highest BCUT2D eigenvalue weighted by Crippen LogP contribution is 2.52. The number of hydrogen-bond acceptors (Lipinski definition) is 5. The lowest BCUT2D eigenvalue weighted by Gasteiger charge is -2.39. The SMILES string of the molecule is COc1cc2c(c(OC)c1-c1ccc3cc(C)cc(OC)c3c1O)[C@@H](C)N(C)[C@@H](C)C2. The fraction of sp³-hybridized carbons (Fsp3) is 0.385. The van der Waals surface area contributed by atoms with Crippen molar-refractivity contribution in [3.05, 3.63) is 47.0 Å². The molecule has 1 aliphatic rings. The highest BCUT2D eigenvalue weighted by molar-refractivity contribution is 6.01. The molecule has 0 saturated carbocycles. The van der Waals surface area contributed by atoms with Crippen LogP contribution in [-0.4, -0.2) is 44.4 Å². The maximum Gasteiger partial charge on any atom is 0.135 e. The Bertz CT molecular complexity index is 1150. The minimum Gasteiger partial charge on any atom is -0.507 e. The Kier molecular flexibility index (Phi) is 5.48. The number of benzene rings is 3. The number of likely N-dealkylation sites (N-methyl/N-ethyl adjacent to an activating group) is 1. The molecule has 0 unspecified atom stereocenters. The van der Waals surface area contributed by atoms with Crippen LogP contribution in [0.15, 0.2) is 30.3 Å². The molecule has 0 spiro atoms. The van der Waals surface area contributed by atoms with Gasteiger partial charge in [-0.15, -0.1) is 0 Å². The lowest BCUT2D eigenvalue weighted by atomic mass is 9.85. The average molecular weight is 422 g/mol. The van der Waals surface area contributed by atoms with Gasteiger partial charge in [0.15, 0.2) is 0 Å². The second-order valence-electron chi connectivity index (χ2n) is 8.48. The summed E-state index contributed by atoms with van der Waals surface area (Å²) in [5, 5.41) is 13.0. The molecule has 0 aliphatic carbocycles. The Labute approximate surface area is 184 Å². The first kappa shape index (κ1) is 21.3. The van der Waals surface area contributed by atoms with Crippen LogP contribution in [0, 0.1) is 6.92 Å². The number of rotatable bonds is 4. The molecule has 0 fully saturated rings. The van der Waals surface area contributed by atoms with Crippen molar-refractivity contribution in [2.75, 3.05) is 28.4 Å². The van der Waals surface area contributed by atoms with Crippen LogP contribution >= 0.6 is 0 Å². The summed E-state index contributed by atoms with van der Waals surface area (Å²) in [5.74, 6) is 2.25. The van der Waals surface area contributed by atoms with Crippen LogP contribution in [0.1, 0.15) is 36.6 Å². The topological polar surface area (TPSA) is 51.2 Å². The first-order valence-corrected chi connectivity index (χ1v) is 10.6. The van der Waals surface area contributed by atoms with Gasteiger partial charge in [-0.1, -0.05) is 12.1 Å². The van der Waals surface area contributed by atoms with E-state index in [1.807, 2.05) is 31.2 Å². The van der Waals surface area contributed by atoms with E-state index in [-0.39, 0.29) is 11.8 Å². The quantitative estimate of drug-likeness (QED) is 0.604. The molecule has 0 saturated heterocycles. The number of aromatic hydroxyl groups is 1. The molecule has 3 aromatic rings. The largest absolute Gasteiger partial charge is 0.507 e. The molecule has 5 nitrogen and oxygen atoms in total. The van der Waals surface area contributed by atoms with Crippen LogP contribution in [-0.2, 0) is 6.42 Å². The third-order valence-electron chi connectivity index (χ3n) is 6.72. The summed E-state index contributed by atoms with van der Waals surface area (Å²) in [5.41, 5.74) is 4.88. The lowest BCUT2D eigenvalue weighted by molar-refractivity contribution is 0.175. The minimum atomic E-state index is 0.163. The highest BCUT2D eigenvalue weighted by atomic mass is 16.5. The Morgan fingerprint density at radius 1 is 0.968 bits per heavy atom. The minimum absolute atomic E-state index is 0.163. The van der Waals surface area contributed by atoms with Gasteiger partial charge in [0, 0.05) is 23.2 Å². The normalized spacial score (nSPS) is 18.7. The van der Waals surface area contributed by atoms with Gasteiger partial charge in [0.2, 0.25) is 0 Å². The van der Waals surface area contributed by atoms with E-state index in [2.05, 4.69) is 31.9 Å². The van der Waals surface area contributed by atoms with E-state index >= 15 is 0 Å². The van der Waals surface area contributed by atoms with E-state index in [4.69, 9.17) is 14.2 Å². The van der Waals surface area contributed by atoms with Crippen LogP contribution in [0.2, 0.25) is 0 Å². The van der Waals surface area contributed by atoms with Gasteiger partial charge < -0.3 is 19.3 Å². The summed E-state index contributed by atoms with van der Waals surface area (Å²) in [6.07, 6.45) is 0.917. The van der Waals surface area contributed by atoms with Gasteiger partial charge in [0.05, 0.1) is 32.3 Å². The number of ether oxygens (including phenoxy) is 3. The van der Waals surface area contributed by atoms with Gasteiger partial charge in [-0.3, -0.25) is 4.90 Å². The van der Waals surface area contributed by atoms with Gasteiger partial charge >= 0.3 is 0 Å². The van der Waals surface area contributed by atoms with E-state index in [1.165, 1.54) is 5.56 Å². The van der Waals surface area contributed by atoms with Crippen LogP contribution in [0.3, 0.4) is 0 Å². The molecular formula is C26H31NO4. The molecule has 1 N–H and O–H groups in total. The monoisotopic (exact) mass is 421 g/mol. The van der Waals surface area contributed by atoms with Crippen LogP contribution in [0.5, 0.6) is 23.0 Å². The molecule has 0 bridgehead atoms. The van der Waals surface area contributed by atoms with Gasteiger partial charge in [0.1, 0.15) is 23.0 Å². The number of methoxy groups -OCH3 is 3. The summed E-state index contributed by atoms with van der Waals surface area (Å²) < 4.78 is 17.4. The van der Waals surface area contributed by atoms with Gasteiger partial charge in [-0.25, -0.2) is 0 Å². The zero-order valence-corrected chi connectivity index (χ0v) is 19.4. The Hall–Kier alpha value is -2.92. The molecule has 5 heteroatoms. The molecule has 1 heterocycles. The maximum absolute atomic E-state index is 11.4. The van der Waals surface area contributed by atoms with E-state index < -0.39 is 0 Å². The molecule has 164 valence electrons. The number of phenols is 1. The Morgan fingerprint density at radius 3 is 2.32 bits per heavy atom. The number of hydrogen-bond donors (Lipinski definition) is 1. The molecule has 0 amide bonds. The van der Waals surface area contributed by atoms with Crippen molar-refractivity contribution in [3.8, 4) is 34.1 Å². The van der Waals surface area contributed by atoms with Gasteiger partial charge in [-0.2, -0.15) is 0 Å². The van der Waals surface area contributed by atoms with Crippen molar-refractivity contribution in [2.24, 2.45) is 0 Å². The zero-order valence-electron chi connectivity index (χ0n) is 19.4. The Balaban J connectivity index is 2.06. The second kappa shape index (κ2) is 7.97. The highest BCUT2D eigenvalue weighted by Gasteiger charge is 2.33. The molecular weight excluding hydrogens is 390 g/mol. The summed E-state index contributed by atoms with van der Waals surface area (Å²) in [7, 11) is 7.11. The fourth-order valence-corrected chi connectivity index (χ4v) is 4.92. The Morgan fingerprint density at radius 2 is 1.68 bits per heavy atom. The number of nitrogens with zero attached hydrogens (tertiary/aromatic N) is 1. The maximum atomic E-state index is 11.4. The third kappa shape index (κ3) is 3.28. The zero-order chi connectivity index (χ0) is 22.4. The molecule has 31 heavy (non-hydrogen) atoms. The molecule has 0 radical (unpaired) electrons. The van der Waals surface area contributed by atoms with E-state index in [0.717, 1.165) is 34.2 Å². The summed E-state index contributed by atoms with van der Waals surface area (Å²) in [4.78, 5) is 2.35. The molecule has 2 atom stereocenters. The average Bonchev–Trinajstić information content (AvgIpc) is 2.76. The molecule has 3 aromatic carbocycles. The van der Waals surface area contributed by atoms with Gasteiger partial charge in [-0.05, 0) is 69.0 Å². The second-order valence-corrected chi connectivity index (χ2v) is 8.48. The van der Waals surface area contributed by atoms with Gasteiger partial charge in [0.25, 0.3) is 0 Å². The van der Waals surface area contributed by atoms with E-state index in [0.29, 0.717) is 28.5 Å². The van der Waals surface area contributed by atoms with Crippen molar-refractivity contribution < 1.29 is 19.3 Å². The van der Waals surface area contributed by atoms with E-state index in [9.17, 15) is 5.11 Å².